The molecular formula is C32H28N3O2SSi. The number of hydrogen-bond acceptors (Lipinski definition) is 5. The lowest BCUT2D eigenvalue weighted by Crippen LogP contribution is -2.53. The van der Waals surface area contributed by atoms with Crippen molar-refractivity contribution in [3.63, 3.8) is 0 Å². The van der Waals surface area contributed by atoms with E-state index in [2.05, 4.69) is 69.4 Å². The molecule has 1 aliphatic heterocycles. The van der Waals surface area contributed by atoms with Crippen LogP contribution in [-0.2, 0) is 5.54 Å². The fourth-order valence-corrected chi connectivity index (χ4v) is 6.90. The summed E-state index contributed by atoms with van der Waals surface area (Å²) in [5, 5.41) is 9.10. The molecular weight excluding hydrogens is 519 g/mol. The molecule has 1 saturated heterocycles. The molecule has 2 atom stereocenters. The molecule has 5 aromatic rings. The Kier molecular flexibility index (Phi) is 6.03. The summed E-state index contributed by atoms with van der Waals surface area (Å²) in [6.07, 6.45) is 4.69. The molecule has 3 radical (unpaired) electrons. The molecule has 2 aromatic heterocycles. The molecule has 193 valence electrons. The minimum absolute atomic E-state index is 0.0768. The number of carbonyl (C=O) groups is 1. The van der Waals surface area contributed by atoms with Crippen molar-refractivity contribution in [3.05, 3.63) is 95.7 Å². The predicted molar refractivity (Wildman–Crippen MR) is 159 cm³/mol. The number of thiophene rings is 1. The van der Waals surface area contributed by atoms with Crippen molar-refractivity contribution in [2.45, 2.75) is 43.5 Å². The predicted octanol–water partition coefficient (Wildman–Crippen LogP) is 6.08. The first-order valence-corrected chi connectivity index (χ1v) is 14.8. The highest BCUT2D eigenvalue weighted by Gasteiger charge is 2.47. The molecule has 3 aromatic carbocycles. The van der Waals surface area contributed by atoms with Gasteiger partial charge in [-0.1, -0.05) is 30.3 Å². The molecule has 7 heteroatoms. The van der Waals surface area contributed by atoms with E-state index < -0.39 is 5.54 Å². The van der Waals surface area contributed by atoms with Gasteiger partial charge in [-0.25, -0.2) is 0 Å². The SMILES string of the molecule is Cc1ccc(OC([Si])[C@@H]2CCN2)cc1C(=O)NC1(c2cc(-c3cc4ccccc4s3)cc3ncccc23)CC1. The van der Waals surface area contributed by atoms with Crippen LogP contribution in [0.15, 0.2) is 79.0 Å². The van der Waals surface area contributed by atoms with Crippen molar-refractivity contribution < 1.29 is 9.53 Å². The van der Waals surface area contributed by atoms with Gasteiger partial charge in [-0.15, -0.1) is 11.3 Å². The second-order valence-corrected chi connectivity index (χ2v) is 12.3. The number of carbonyl (C=O) groups excluding carboxylic acids is 1. The van der Waals surface area contributed by atoms with E-state index in [0.29, 0.717) is 11.3 Å². The zero-order valence-electron chi connectivity index (χ0n) is 21.7. The summed E-state index contributed by atoms with van der Waals surface area (Å²) in [4.78, 5) is 19.6. The minimum atomic E-state index is -0.415. The van der Waals surface area contributed by atoms with Crippen LogP contribution in [0.25, 0.3) is 31.4 Å². The van der Waals surface area contributed by atoms with Gasteiger partial charge in [-0.2, -0.15) is 0 Å². The van der Waals surface area contributed by atoms with Crippen LogP contribution < -0.4 is 15.4 Å². The lowest BCUT2D eigenvalue weighted by Gasteiger charge is -2.33. The van der Waals surface area contributed by atoms with Gasteiger partial charge >= 0.3 is 0 Å². The van der Waals surface area contributed by atoms with Crippen molar-refractivity contribution in [2.24, 2.45) is 0 Å². The molecule has 2 aliphatic rings. The van der Waals surface area contributed by atoms with Gasteiger partial charge < -0.3 is 15.4 Å². The van der Waals surface area contributed by atoms with Crippen LogP contribution in [0.3, 0.4) is 0 Å². The average molecular weight is 547 g/mol. The maximum absolute atomic E-state index is 13.7. The molecule has 1 unspecified atom stereocenters. The van der Waals surface area contributed by atoms with Gasteiger partial charge in [0.25, 0.3) is 5.91 Å². The van der Waals surface area contributed by atoms with Gasteiger partial charge in [0.2, 0.25) is 0 Å². The second kappa shape index (κ2) is 9.59. The second-order valence-electron chi connectivity index (χ2n) is 10.6. The Bertz CT molecular complexity index is 1690. The van der Waals surface area contributed by atoms with Gasteiger partial charge in [0, 0.05) is 32.8 Å². The summed E-state index contributed by atoms with van der Waals surface area (Å²) in [6, 6.07) is 25.3. The largest absolute Gasteiger partial charge is 0.493 e. The van der Waals surface area contributed by atoms with Crippen molar-refractivity contribution in [1.29, 1.82) is 0 Å². The number of pyridine rings is 1. The Morgan fingerprint density at radius 1 is 1.13 bits per heavy atom. The molecule has 0 spiro atoms. The van der Waals surface area contributed by atoms with E-state index in [9.17, 15) is 4.79 Å². The van der Waals surface area contributed by atoms with Crippen LogP contribution in [0.2, 0.25) is 0 Å². The van der Waals surface area contributed by atoms with Gasteiger partial charge in [0.15, 0.2) is 0 Å². The molecule has 0 bridgehead atoms. The summed E-state index contributed by atoms with van der Waals surface area (Å²) in [5.74, 6) is 0.609. The maximum Gasteiger partial charge on any atom is 0.252 e. The van der Waals surface area contributed by atoms with Crippen LogP contribution >= 0.6 is 11.3 Å². The Balaban J connectivity index is 1.22. The van der Waals surface area contributed by atoms with E-state index in [-0.39, 0.29) is 17.7 Å². The third-order valence-electron chi connectivity index (χ3n) is 7.99. The summed E-state index contributed by atoms with van der Waals surface area (Å²) in [7, 11) is 3.69. The summed E-state index contributed by atoms with van der Waals surface area (Å²) in [6.45, 7) is 2.98. The topological polar surface area (TPSA) is 63.2 Å². The molecule has 5 nitrogen and oxygen atoms in total. The van der Waals surface area contributed by atoms with E-state index in [1.807, 2.05) is 37.4 Å². The number of hydrogen-bond donors (Lipinski definition) is 2. The molecule has 1 saturated carbocycles. The zero-order valence-corrected chi connectivity index (χ0v) is 23.5. The number of aryl methyl sites for hydroxylation is 1. The molecule has 7 rings (SSSR count). The lowest BCUT2D eigenvalue weighted by molar-refractivity contribution is 0.0929. The number of nitrogens with zero attached hydrogens (tertiary/aromatic N) is 1. The Morgan fingerprint density at radius 3 is 2.74 bits per heavy atom. The lowest BCUT2D eigenvalue weighted by atomic mass is 9.95. The highest BCUT2D eigenvalue weighted by molar-refractivity contribution is 7.22. The highest BCUT2D eigenvalue weighted by Crippen LogP contribution is 2.49. The Morgan fingerprint density at radius 2 is 1.97 bits per heavy atom. The van der Waals surface area contributed by atoms with E-state index in [1.54, 1.807) is 11.3 Å². The van der Waals surface area contributed by atoms with Crippen LogP contribution in [0.1, 0.15) is 40.7 Å². The van der Waals surface area contributed by atoms with Crippen molar-refractivity contribution in [3.8, 4) is 16.2 Å². The summed E-state index contributed by atoms with van der Waals surface area (Å²) in [5.41, 5.74) is 4.23. The zero-order chi connectivity index (χ0) is 26.6. The highest BCUT2D eigenvalue weighted by atomic mass is 32.1. The van der Waals surface area contributed by atoms with Crippen LogP contribution in [0, 0.1) is 6.92 Å². The smallest absolute Gasteiger partial charge is 0.252 e. The number of amides is 1. The fraction of sp³-hybridized carbons (Fsp3) is 0.250. The van der Waals surface area contributed by atoms with Crippen molar-refractivity contribution >= 4 is 48.5 Å². The minimum Gasteiger partial charge on any atom is -0.493 e. The number of nitrogens with one attached hydrogen (secondary N) is 2. The first-order chi connectivity index (χ1) is 19.0. The van der Waals surface area contributed by atoms with Gasteiger partial charge in [0.1, 0.15) is 5.75 Å². The van der Waals surface area contributed by atoms with Crippen molar-refractivity contribution in [2.75, 3.05) is 6.54 Å². The summed E-state index contributed by atoms with van der Waals surface area (Å²) >= 11 is 1.79. The van der Waals surface area contributed by atoms with Gasteiger partial charge in [0.05, 0.1) is 27.0 Å². The van der Waals surface area contributed by atoms with Crippen LogP contribution in [0.4, 0.5) is 0 Å². The maximum atomic E-state index is 13.7. The van der Waals surface area contributed by atoms with E-state index in [4.69, 9.17) is 9.72 Å². The quantitative estimate of drug-likeness (QED) is 0.243. The number of ether oxygens (including phenoxy) is 1. The first kappa shape index (κ1) is 24.5. The molecule has 2 fully saturated rings. The molecule has 39 heavy (non-hydrogen) atoms. The Labute approximate surface area is 235 Å². The van der Waals surface area contributed by atoms with Crippen LogP contribution in [0.5, 0.6) is 5.75 Å². The Hall–Kier alpha value is -3.52. The fourth-order valence-electron chi connectivity index (χ4n) is 5.43. The third kappa shape index (κ3) is 4.54. The monoisotopic (exact) mass is 546 g/mol. The van der Waals surface area contributed by atoms with Gasteiger partial charge in [-0.3, -0.25) is 9.78 Å². The van der Waals surface area contributed by atoms with Crippen molar-refractivity contribution in [1.82, 2.24) is 15.6 Å². The molecule has 3 heterocycles. The van der Waals surface area contributed by atoms with E-state index >= 15 is 0 Å². The van der Waals surface area contributed by atoms with E-state index in [1.165, 1.54) is 15.0 Å². The van der Waals surface area contributed by atoms with E-state index in [0.717, 1.165) is 53.4 Å². The number of rotatable bonds is 7. The third-order valence-corrected chi connectivity index (χ3v) is 9.68. The van der Waals surface area contributed by atoms with Gasteiger partial charge in [-0.05, 0) is 97.3 Å². The molecule has 1 amide bonds. The normalized spacial score (nSPS) is 18.5. The average Bonchev–Trinajstić information content (AvgIpc) is 3.55. The number of benzene rings is 3. The first-order valence-electron chi connectivity index (χ1n) is 13.4. The number of fused-ring (bicyclic) bond motifs is 2. The molecule has 2 N–H and O–H groups in total. The standard InChI is InChI=1S/C32H28N3O2SSi/c1-19-8-9-22(37-31(39)26-10-14-34-26)18-24(19)30(36)35-32(11-12-32)25-15-21(16-27-23(25)6-4-13-33-27)29-17-20-5-2-3-7-28(20)38-29/h2-9,13,15-18,26,31,34H,10-12,14H2,1H3,(H,35,36)/t26-,31?/m0/s1. The number of aromatic nitrogens is 1. The molecule has 1 aliphatic carbocycles. The summed E-state index contributed by atoms with van der Waals surface area (Å²) < 4.78 is 7.37. The van der Waals surface area contributed by atoms with Crippen LogP contribution in [-0.4, -0.2) is 39.4 Å².